The normalized spacial score (nSPS) is 11.7. The molecule has 0 unspecified atom stereocenters. The van der Waals surface area contributed by atoms with Crippen LogP contribution in [0.3, 0.4) is 0 Å². The second-order valence-corrected chi connectivity index (χ2v) is 9.68. The van der Waals surface area contributed by atoms with Gasteiger partial charge in [0, 0.05) is 0 Å². The molecule has 0 heteroatoms. The predicted octanol–water partition coefficient (Wildman–Crippen LogP) is 11.5. The Morgan fingerprint density at radius 2 is 0.633 bits per heavy atom. The van der Waals surface area contributed by atoms with E-state index in [1.807, 2.05) is 0 Å². The van der Waals surface area contributed by atoms with Crippen LogP contribution in [0.25, 0.3) is 0 Å². The Morgan fingerprint density at radius 1 is 0.367 bits per heavy atom. The van der Waals surface area contributed by atoms with Gasteiger partial charge < -0.3 is 0 Å². The Balaban J connectivity index is 3.00. The Hall–Kier alpha value is -0.260. The van der Waals surface area contributed by atoms with E-state index in [-0.39, 0.29) is 0 Å². The Labute approximate surface area is 193 Å². The third-order valence-corrected chi connectivity index (χ3v) is 6.49. The van der Waals surface area contributed by atoms with Crippen LogP contribution in [-0.2, 0) is 0 Å². The molecule has 0 aliphatic carbocycles. The topological polar surface area (TPSA) is 0 Å². The van der Waals surface area contributed by atoms with Gasteiger partial charge in [0.2, 0.25) is 0 Å². The van der Waals surface area contributed by atoms with Crippen LogP contribution in [0.2, 0.25) is 0 Å². The first-order valence-corrected chi connectivity index (χ1v) is 14.4. The summed E-state index contributed by atoms with van der Waals surface area (Å²) in [5.41, 5.74) is 0. The lowest BCUT2D eigenvalue weighted by Crippen LogP contribution is -1.84. The lowest BCUT2D eigenvalue weighted by atomic mass is 10.0. The highest BCUT2D eigenvalue weighted by molar-refractivity contribution is 4.80. The van der Waals surface area contributed by atoms with Gasteiger partial charge in [-0.3, -0.25) is 0 Å². The van der Waals surface area contributed by atoms with Gasteiger partial charge in [0.25, 0.3) is 0 Å². The van der Waals surface area contributed by atoms with Gasteiger partial charge in [0.15, 0.2) is 0 Å². The standard InChI is InChI=1S/C30H59/c1-3-5-7-9-11-13-15-17-19-21-23-25-27-29-30-28-26-24-22-20-18-16-14-12-10-8-6-4-2/h8,10H,1,3-7,9,11-30H2,2H3/b10-8+. The Kier molecular flexibility index (Phi) is 28.5. The summed E-state index contributed by atoms with van der Waals surface area (Å²) < 4.78 is 0. The van der Waals surface area contributed by atoms with E-state index in [0.717, 1.165) is 6.42 Å². The highest BCUT2D eigenvalue weighted by Gasteiger charge is 1.95. The maximum atomic E-state index is 3.92. The highest BCUT2D eigenvalue weighted by Crippen LogP contribution is 2.15. The number of rotatable bonds is 26. The molecule has 0 aromatic heterocycles. The van der Waals surface area contributed by atoms with E-state index >= 15 is 0 Å². The van der Waals surface area contributed by atoms with Crippen molar-refractivity contribution < 1.29 is 0 Å². The molecule has 179 valence electrons. The maximum absolute atomic E-state index is 3.92. The summed E-state index contributed by atoms with van der Waals surface area (Å²) in [6, 6.07) is 0. The second kappa shape index (κ2) is 28.7. The van der Waals surface area contributed by atoms with Crippen LogP contribution in [0.5, 0.6) is 0 Å². The first kappa shape index (κ1) is 29.7. The van der Waals surface area contributed by atoms with E-state index in [1.54, 1.807) is 0 Å². The van der Waals surface area contributed by atoms with Crippen LogP contribution in [0.4, 0.5) is 0 Å². The monoisotopic (exact) mass is 419 g/mol. The van der Waals surface area contributed by atoms with Crippen molar-refractivity contribution >= 4 is 0 Å². The zero-order valence-electron chi connectivity index (χ0n) is 21.2. The molecule has 0 nitrogen and oxygen atoms in total. The summed E-state index contributed by atoms with van der Waals surface area (Å²) in [6.07, 6.45) is 41.8. The van der Waals surface area contributed by atoms with Crippen LogP contribution in [0.15, 0.2) is 12.2 Å². The summed E-state index contributed by atoms with van der Waals surface area (Å²) >= 11 is 0. The molecular weight excluding hydrogens is 360 g/mol. The maximum Gasteiger partial charge on any atom is -0.0351 e. The molecule has 1 radical (unpaired) electrons. The quantitative estimate of drug-likeness (QED) is 0.0965. The molecule has 30 heavy (non-hydrogen) atoms. The SMILES string of the molecule is [CH2]CCCCCCCCCCCCCCCCCCCCCCCC/C=C/CCC. The van der Waals surface area contributed by atoms with Crippen molar-refractivity contribution in [3.05, 3.63) is 19.1 Å². The summed E-state index contributed by atoms with van der Waals surface area (Å²) in [6.45, 7) is 6.17. The van der Waals surface area contributed by atoms with Gasteiger partial charge in [-0.1, -0.05) is 174 Å². The number of unbranched alkanes of at least 4 members (excludes halogenated alkanes) is 24. The van der Waals surface area contributed by atoms with Crippen molar-refractivity contribution in [1.82, 2.24) is 0 Å². The fraction of sp³-hybridized carbons (Fsp3) is 0.900. The zero-order chi connectivity index (χ0) is 21.8. The fourth-order valence-electron chi connectivity index (χ4n) is 4.38. The third-order valence-electron chi connectivity index (χ3n) is 6.49. The van der Waals surface area contributed by atoms with Crippen LogP contribution in [0.1, 0.15) is 174 Å². The molecule has 0 rings (SSSR count). The predicted molar refractivity (Wildman–Crippen MR) is 140 cm³/mol. The highest BCUT2D eigenvalue weighted by atomic mass is 14.0. The molecule has 0 fully saturated rings. The van der Waals surface area contributed by atoms with Crippen molar-refractivity contribution in [2.45, 2.75) is 174 Å². The van der Waals surface area contributed by atoms with Crippen molar-refractivity contribution in [2.75, 3.05) is 0 Å². The van der Waals surface area contributed by atoms with E-state index in [4.69, 9.17) is 0 Å². The van der Waals surface area contributed by atoms with Gasteiger partial charge in [-0.25, -0.2) is 0 Å². The molecule has 0 aromatic rings. The Morgan fingerprint density at radius 3 is 0.933 bits per heavy atom. The molecule has 0 atom stereocenters. The largest absolute Gasteiger partial charge is 0.0885 e. The van der Waals surface area contributed by atoms with E-state index in [1.165, 1.54) is 161 Å². The van der Waals surface area contributed by atoms with Gasteiger partial charge in [0.1, 0.15) is 0 Å². The fourth-order valence-corrected chi connectivity index (χ4v) is 4.38. The summed E-state index contributed by atoms with van der Waals surface area (Å²) in [5.74, 6) is 0. The van der Waals surface area contributed by atoms with Gasteiger partial charge >= 0.3 is 0 Å². The third kappa shape index (κ3) is 27.7. The first-order chi connectivity index (χ1) is 14.9. The molecular formula is C30H59. The van der Waals surface area contributed by atoms with Gasteiger partial charge in [0.05, 0.1) is 0 Å². The lowest BCUT2D eigenvalue weighted by molar-refractivity contribution is 0.518. The van der Waals surface area contributed by atoms with Crippen molar-refractivity contribution in [1.29, 1.82) is 0 Å². The van der Waals surface area contributed by atoms with Gasteiger partial charge in [-0.2, -0.15) is 0 Å². The average molecular weight is 420 g/mol. The van der Waals surface area contributed by atoms with Crippen molar-refractivity contribution in [3.63, 3.8) is 0 Å². The Bertz CT molecular complexity index is 303. The molecule has 0 aliphatic heterocycles. The zero-order valence-corrected chi connectivity index (χ0v) is 21.2. The van der Waals surface area contributed by atoms with E-state index in [0.29, 0.717) is 0 Å². The van der Waals surface area contributed by atoms with Gasteiger partial charge in [-0.05, 0) is 19.3 Å². The van der Waals surface area contributed by atoms with Crippen LogP contribution in [-0.4, -0.2) is 0 Å². The van der Waals surface area contributed by atoms with Crippen molar-refractivity contribution in [2.24, 2.45) is 0 Å². The van der Waals surface area contributed by atoms with Crippen LogP contribution >= 0.6 is 0 Å². The minimum Gasteiger partial charge on any atom is -0.0885 e. The van der Waals surface area contributed by atoms with E-state index in [9.17, 15) is 0 Å². The smallest absolute Gasteiger partial charge is 0.0351 e. The average Bonchev–Trinajstić information content (AvgIpc) is 2.76. The second-order valence-electron chi connectivity index (χ2n) is 9.68. The first-order valence-electron chi connectivity index (χ1n) is 14.4. The van der Waals surface area contributed by atoms with Crippen molar-refractivity contribution in [3.8, 4) is 0 Å². The van der Waals surface area contributed by atoms with Crippen LogP contribution in [0, 0.1) is 6.92 Å². The summed E-state index contributed by atoms with van der Waals surface area (Å²) in [4.78, 5) is 0. The summed E-state index contributed by atoms with van der Waals surface area (Å²) in [7, 11) is 0. The van der Waals surface area contributed by atoms with E-state index < -0.39 is 0 Å². The number of hydrogen-bond acceptors (Lipinski definition) is 0. The number of allylic oxidation sites excluding steroid dienone is 2. The molecule has 0 bridgehead atoms. The molecule has 0 amide bonds. The molecule has 0 saturated carbocycles. The molecule has 0 heterocycles. The molecule has 0 saturated heterocycles. The molecule has 0 aliphatic rings. The minimum atomic E-state index is 1.12. The number of hydrogen-bond donors (Lipinski definition) is 0. The van der Waals surface area contributed by atoms with E-state index in [2.05, 4.69) is 26.0 Å². The van der Waals surface area contributed by atoms with Crippen LogP contribution < -0.4 is 0 Å². The summed E-state index contributed by atoms with van der Waals surface area (Å²) in [5, 5.41) is 0. The lowest BCUT2D eigenvalue weighted by Gasteiger charge is -2.04. The minimum absolute atomic E-state index is 1.12. The van der Waals surface area contributed by atoms with Gasteiger partial charge in [-0.15, -0.1) is 0 Å². The molecule has 0 N–H and O–H groups in total. The molecule has 0 aromatic carbocycles. The molecule has 0 spiro atoms.